The van der Waals surface area contributed by atoms with Gasteiger partial charge in [-0.2, -0.15) is 0 Å². The fourth-order valence-corrected chi connectivity index (χ4v) is 1.91. The molecule has 5 heteroatoms. The first-order valence-corrected chi connectivity index (χ1v) is 6.67. The Balaban J connectivity index is 2.09. The van der Waals surface area contributed by atoms with Gasteiger partial charge in [0.15, 0.2) is 0 Å². The van der Waals surface area contributed by atoms with Crippen molar-refractivity contribution in [3.05, 3.63) is 47.1 Å². The predicted molar refractivity (Wildman–Crippen MR) is 73.9 cm³/mol. The lowest BCUT2D eigenvalue weighted by atomic mass is 10.0. The molecule has 1 aromatic carbocycles. The molecule has 0 aliphatic heterocycles. The van der Waals surface area contributed by atoms with E-state index in [1.165, 1.54) is 12.1 Å². The van der Waals surface area contributed by atoms with Gasteiger partial charge in [-0.15, -0.1) is 0 Å². The molecule has 0 saturated heterocycles. The zero-order chi connectivity index (χ0) is 14.5. The van der Waals surface area contributed by atoms with Gasteiger partial charge in [0.25, 0.3) is 0 Å². The summed E-state index contributed by atoms with van der Waals surface area (Å²) < 4.78 is 24.0. The zero-order valence-corrected chi connectivity index (χ0v) is 11.7. The van der Waals surface area contributed by atoms with Crippen molar-refractivity contribution >= 4 is 0 Å². The maximum Gasteiger partial charge on any atom is 0.134 e. The van der Waals surface area contributed by atoms with Crippen molar-refractivity contribution in [3.63, 3.8) is 0 Å². The fraction of sp³-hybridized carbons (Fsp3) is 0.400. The van der Waals surface area contributed by atoms with Crippen molar-refractivity contribution in [1.29, 1.82) is 0 Å². The van der Waals surface area contributed by atoms with Crippen LogP contribution in [0.5, 0.6) is 5.75 Å². The Morgan fingerprint density at radius 1 is 1.40 bits per heavy atom. The standard InChI is InChI=1S/C15H19FN2O2/c1-3-13(17)8-11-7-12(16)4-5-15(11)19-9-14-6-10(2)20-18-14/h4-7,13H,3,8-9,17H2,1-2H3. The maximum absolute atomic E-state index is 13.3. The highest BCUT2D eigenvalue weighted by Crippen LogP contribution is 2.22. The molecule has 2 aromatic rings. The highest BCUT2D eigenvalue weighted by Gasteiger charge is 2.10. The molecule has 20 heavy (non-hydrogen) atoms. The van der Waals surface area contributed by atoms with Crippen LogP contribution in [0.4, 0.5) is 4.39 Å². The molecule has 0 bridgehead atoms. The minimum absolute atomic E-state index is 0.00607. The largest absolute Gasteiger partial charge is 0.487 e. The molecule has 1 atom stereocenters. The van der Waals surface area contributed by atoms with E-state index in [0.29, 0.717) is 17.9 Å². The highest BCUT2D eigenvalue weighted by molar-refractivity contribution is 5.34. The summed E-state index contributed by atoms with van der Waals surface area (Å²) in [5, 5.41) is 3.86. The highest BCUT2D eigenvalue weighted by atomic mass is 19.1. The van der Waals surface area contributed by atoms with Crippen LogP contribution >= 0.6 is 0 Å². The van der Waals surface area contributed by atoms with Crippen molar-refractivity contribution in [1.82, 2.24) is 5.16 Å². The van der Waals surface area contributed by atoms with Crippen LogP contribution < -0.4 is 10.5 Å². The Labute approximate surface area is 117 Å². The number of hydrogen-bond donors (Lipinski definition) is 1. The van der Waals surface area contributed by atoms with Crippen LogP contribution in [0.25, 0.3) is 0 Å². The van der Waals surface area contributed by atoms with Crippen molar-refractivity contribution in [2.75, 3.05) is 0 Å². The topological polar surface area (TPSA) is 61.3 Å². The van der Waals surface area contributed by atoms with Crippen LogP contribution in [0.1, 0.15) is 30.4 Å². The molecule has 2 rings (SSSR count). The van der Waals surface area contributed by atoms with Gasteiger partial charge in [-0.1, -0.05) is 12.1 Å². The van der Waals surface area contributed by atoms with Crippen LogP contribution in [0, 0.1) is 12.7 Å². The Kier molecular flexibility index (Phi) is 4.74. The van der Waals surface area contributed by atoms with Gasteiger partial charge in [-0.05, 0) is 43.5 Å². The Hall–Kier alpha value is -1.88. The summed E-state index contributed by atoms with van der Waals surface area (Å²) in [5.74, 6) is 1.08. The summed E-state index contributed by atoms with van der Waals surface area (Å²) in [6.45, 7) is 4.11. The zero-order valence-electron chi connectivity index (χ0n) is 11.7. The molecule has 0 radical (unpaired) electrons. The number of benzene rings is 1. The van der Waals surface area contributed by atoms with Gasteiger partial charge in [0.2, 0.25) is 0 Å². The van der Waals surface area contributed by atoms with Crippen LogP contribution in [0.2, 0.25) is 0 Å². The fourth-order valence-electron chi connectivity index (χ4n) is 1.91. The van der Waals surface area contributed by atoms with Gasteiger partial charge in [0.1, 0.15) is 29.6 Å². The number of halogens is 1. The summed E-state index contributed by atoms with van der Waals surface area (Å²) in [5.41, 5.74) is 7.41. The molecule has 4 nitrogen and oxygen atoms in total. The summed E-state index contributed by atoms with van der Waals surface area (Å²) in [6, 6.07) is 6.28. The minimum Gasteiger partial charge on any atom is -0.487 e. The quantitative estimate of drug-likeness (QED) is 0.882. The number of aromatic nitrogens is 1. The van der Waals surface area contributed by atoms with Crippen molar-refractivity contribution < 1.29 is 13.7 Å². The minimum atomic E-state index is -0.284. The van der Waals surface area contributed by atoms with Crippen LogP contribution in [0.15, 0.2) is 28.8 Å². The number of hydrogen-bond acceptors (Lipinski definition) is 4. The molecule has 1 aromatic heterocycles. The van der Waals surface area contributed by atoms with Crippen LogP contribution in [-0.2, 0) is 13.0 Å². The van der Waals surface area contributed by atoms with E-state index >= 15 is 0 Å². The van der Waals surface area contributed by atoms with Crippen LogP contribution in [-0.4, -0.2) is 11.2 Å². The van der Waals surface area contributed by atoms with E-state index in [-0.39, 0.29) is 18.5 Å². The molecule has 0 aliphatic rings. The van der Waals surface area contributed by atoms with Gasteiger partial charge in [0, 0.05) is 12.1 Å². The number of aryl methyl sites for hydroxylation is 1. The van der Waals surface area contributed by atoms with Gasteiger partial charge < -0.3 is 15.0 Å². The van der Waals surface area contributed by atoms with Crippen molar-refractivity contribution in [2.45, 2.75) is 39.3 Å². The second kappa shape index (κ2) is 6.52. The molecule has 0 aliphatic carbocycles. The van der Waals surface area contributed by atoms with E-state index in [4.69, 9.17) is 15.0 Å². The summed E-state index contributed by atoms with van der Waals surface area (Å²) in [7, 11) is 0. The third-order valence-corrected chi connectivity index (χ3v) is 3.08. The molecule has 1 heterocycles. The number of ether oxygens (including phenoxy) is 1. The first-order chi connectivity index (χ1) is 9.58. The average molecular weight is 278 g/mol. The monoisotopic (exact) mass is 278 g/mol. The van der Waals surface area contributed by atoms with Gasteiger partial charge >= 0.3 is 0 Å². The predicted octanol–water partition coefficient (Wildman–Crippen LogP) is 2.98. The van der Waals surface area contributed by atoms with Gasteiger partial charge in [0.05, 0.1) is 0 Å². The molecular weight excluding hydrogens is 259 g/mol. The van der Waals surface area contributed by atoms with Crippen molar-refractivity contribution in [3.8, 4) is 5.75 Å². The van der Waals surface area contributed by atoms with E-state index in [1.54, 1.807) is 12.1 Å². The first-order valence-electron chi connectivity index (χ1n) is 6.67. The van der Waals surface area contributed by atoms with E-state index < -0.39 is 0 Å². The molecule has 0 spiro atoms. The third kappa shape index (κ3) is 3.81. The van der Waals surface area contributed by atoms with Gasteiger partial charge in [-0.3, -0.25) is 0 Å². The third-order valence-electron chi connectivity index (χ3n) is 3.08. The molecule has 0 saturated carbocycles. The SMILES string of the molecule is CCC(N)Cc1cc(F)ccc1OCc1cc(C)on1. The normalized spacial score (nSPS) is 12.4. The molecule has 0 amide bonds. The Morgan fingerprint density at radius 3 is 2.85 bits per heavy atom. The number of nitrogens with two attached hydrogens (primary N) is 1. The van der Waals surface area contributed by atoms with E-state index in [9.17, 15) is 4.39 Å². The lowest BCUT2D eigenvalue weighted by Crippen LogP contribution is -2.21. The van der Waals surface area contributed by atoms with E-state index in [0.717, 1.165) is 17.7 Å². The summed E-state index contributed by atoms with van der Waals surface area (Å²) in [4.78, 5) is 0. The van der Waals surface area contributed by atoms with Crippen molar-refractivity contribution in [2.24, 2.45) is 5.73 Å². The molecule has 1 unspecified atom stereocenters. The second-order valence-corrected chi connectivity index (χ2v) is 4.84. The molecule has 0 fully saturated rings. The lowest BCUT2D eigenvalue weighted by molar-refractivity contribution is 0.284. The summed E-state index contributed by atoms with van der Waals surface area (Å²) >= 11 is 0. The van der Waals surface area contributed by atoms with E-state index in [1.807, 2.05) is 13.8 Å². The maximum atomic E-state index is 13.3. The average Bonchev–Trinajstić information content (AvgIpc) is 2.83. The number of rotatable bonds is 6. The second-order valence-electron chi connectivity index (χ2n) is 4.84. The molecule has 108 valence electrons. The summed E-state index contributed by atoms with van der Waals surface area (Å²) in [6.07, 6.45) is 1.42. The molecule has 2 N–H and O–H groups in total. The smallest absolute Gasteiger partial charge is 0.134 e. The first kappa shape index (κ1) is 14.5. The Bertz CT molecular complexity index is 569. The Morgan fingerprint density at radius 2 is 2.20 bits per heavy atom. The van der Waals surface area contributed by atoms with Crippen LogP contribution in [0.3, 0.4) is 0 Å². The molecular formula is C15H19FN2O2. The van der Waals surface area contributed by atoms with Gasteiger partial charge in [-0.25, -0.2) is 4.39 Å². The number of nitrogens with zero attached hydrogens (tertiary/aromatic N) is 1. The lowest BCUT2D eigenvalue weighted by Gasteiger charge is -2.14. The van der Waals surface area contributed by atoms with E-state index in [2.05, 4.69) is 5.16 Å².